The molecule has 1 atom stereocenters. The van der Waals surface area contributed by atoms with E-state index in [9.17, 15) is 0 Å². The quantitative estimate of drug-likeness (QED) is 0.466. The number of rotatable bonds is 1. The summed E-state index contributed by atoms with van der Waals surface area (Å²) >= 11 is 1.83. The fourth-order valence-electron chi connectivity index (χ4n) is 1.11. The van der Waals surface area contributed by atoms with Crippen LogP contribution in [0.15, 0.2) is 11.9 Å². The van der Waals surface area contributed by atoms with Crippen molar-refractivity contribution < 1.29 is 0 Å². The highest BCUT2D eigenvalue weighted by molar-refractivity contribution is 8.00. The Bertz CT molecular complexity index is 169. The Kier molecular flexibility index (Phi) is 1.48. The van der Waals surface area contributed by atoms with Gasteiger partial charge in [0, 0.05) is 12.7 Å². The third-order valence-corrected chi connectivity index (χ3v) is 2.58. The number of nitrogens with one attached hydrogen (secondary N) is 2. The summed E-state index contributed by atoms with van der Waals surface area (Å²) in [4.78, 5) is 0. The third-order valence-electron chi connectivity index (χ3n) is 1.62. The van der Waals surface area contributed by atoms with Crippen LogP contribution in [0.4, 0.5) is 0 Å². The number of fused-ring (bicyclic) bond motifs is 1. The molecule has 4 nitrogen and oxygen atoms in total. The second-order valence-electron chi connectivity index (χ2n) is 2.20. The maximum atomic E-state index is 5.49. The summed E-state index contributed by atoms with van der Waals surface area (Å²) in [5.41, 5.74) is 10.2. The van der Waals surface area contributed by atoms with E-state index in [0.717, 1.165) is 11.6 Å². The lowest BCUT2D eigenvalue weighted by Crippen LogP contribution is -2.37. The van der Waals surface area contributed by atoms with Gasteiger partial charge in [0.05, 0.1) is 11.6 Å². The van der Waals surface area contributed by atoms with Crippen LogP contribution in [-0.4, -0.2) is 22.9 Å². The Morgan fingerprint density at radius 1 is 1.90 bits per heavy atom. The third kappa shape index (κ3) is 0.783. The topological polar surface area (TPSA) is 53.3 Å². The van der Waals surface area contributed by atoms with Crippen molar-refractivity contribution in [2.24, 2.45) is 5.73 Å². The lowest BCUT2D eigenvalue weighted by atomic mass is 10.5. The first-order valence-electron chi connectivity index (χ1n) is 3.21. The van der Waals surface area contributed by atoms with Crippen LogP contribution in [0.1, 0.15) is 0 Å². The Morgan fingerprint density at radius 2 is 2.80 bits per heavy atom. The van der Waals surface area contributed by atoms with Crippen LogP contribution in [0.5, 0.6) is 0 Å². The normalized spacial score (nSPS) is 29.9. The van der Waals surface area contributed by atoms with Crippen LogP contribution in [-0.2, 0) is 0 Å². The molecule has 2 aliphatic heterocycles. The van der Waals surface area contributed by atoms with E-state index in [1.54, 1.807) is 0 Å². The van der Waals surface area contributed by atoms with Crippen LogP contribution in [0.3, 0.4) is 0 Å². The average Bonchev–Trinajstić information content (AvgIpc) is 2.44. The molecule has 0 amide bonds. The van der Waals surface area contributed by atoms with Gasteiger partial charge < -0.3 is 11.1 Å². The fraction of sp³-hybridized carbons (Fsp3) is 0.600. The van der Waals surface area contributed by atoms with Gasteiger partial charge in [0.25, 0.3) is 0 Å². The molecule has 0 bridgehead atoms. The molecule has 0 saturated carbocycles. The summed E-state index contributed by atoms with van der Waals surface area (Å²) in [7, 11) is 0. The number of hydrazine groups is 1. The van der Waals surface area contributed by atoms with Gasteiger partial charge in [0.15, 0.2) is 5.50 Å². The fourth-order valence-corrected chi connectivity index (χ4v) is 2.01. The SMILES string of the molecule is NCC1=CNC2SCNN12. The van der Waals surface area contributed by atoms with Crippen LogP contribution in [0.2, 0.25) is 0 Å². The van der Waals surface area contributed by atoms with E-state index in [-0.39, 0.29) is 0 Å². The molecule has 2 heterocycles. The van der Waals surface area contributed by atoms with Gasteiger partial charge >= 0.3 is 0 Å². The predicted octanol–water partition coefficient (Wildman–Crippen LogP) is -0.816. The summed E-state index contributed by atoms with van der Waals surface area (Å²) in [6.45, 7) is 0.594. The van der Waals surface area contributed by atoms with Crippen molar-refractivity contribution in [3.05, 3.63) is 11.9 Å². The molecule has 5 heteroatoms. The Hall–Kier alpha value is -0.390. The first-order chi connectivity index (χ1) is 4.92. The maximum absolute atomic E-state index is 5.49. The van der Waals surface area contributed by atoms with Gasteiger partial charge in [-0.2, -0.15) is 0 Å². The van der Waals surface area contributed by atoms with E-state index in [0.29, 0.717) is 12.0 Å². The average molecular weight is 158 g/mol. The number of hydrogen-bond acceptors (Lipinski definition) is 5. The number of hydrogen-bond donors (Lipinski definition) is 3. The largest absolute Gasteiger partial charge is 0.360 e. The standard InChI is InChI=1S/C5H10N4S/c6-1-4-2-7-5-9(4)8-3-10-5/h2,5,7-8H,1,3,6H2. The van der Waals surface area contributed by atoms with Gasteiger partial charge in [0.1, 0.15) is 0 Å². The highest BCUT2D eigenvalue weighted by Crippen LogP contribution is 2.24. The molecule has 56 valence electrons. The Balaban J connectivity index is 2.10. The van der Waals surface area contributed by atoms with Crippen molar-refractivity contribution >= 4 is 11.8 Å². The monoisotopic (exact) mass is 158 g/mol. The number of nitrogens with two attached hydrogens (primary N) is 1. The van der Waals surface area contributed by atoms with Gasteiger partial charge in [-0.25, -0.2) is 5.43 Å². The molecule has 0 aromatic heterocycles. The molecule has 10 heavy (non-hydrogen) atoms. The number of thioether (sulfide) groups is 1. The zero-order valence-electron chi connectivity index (χ0n) is 5.50. The molecular weight excluding hydrogens is 148 g/mol. The molecule has 4 N–H and O–H groups in total. The molecule has 0 aromatic rings. The minimum Gasteiger partial charge on any atom is -0.360 e. The van der Waals surface area contributed by atoms with Gasteiger partial charge in [-0.1, -0.05) is 11.8 Å². The molecule has 0 radical (unpaired) electrons. The molecule has 2 rings (SSSR count). The minimum atomic E-state index is 0.374. The summed E-state index contributed by atoms with van der Waals surface area (Å²) in [6.07, 6.45) is 1.96. The van der Waals surface area contributed by atoms with E-state index in [1.165, 1.54) is 0 Å². The Morgan fingerprint density at radius 3 is 3.60 bits per heavy atom. The molecule has 0 aromatic carbocycles. The summed E-state index contributed by atoms with van der Waals surface area (Å²) in [5, 5.41) is 5.28. The molecular formula is C5H10N4S. The van der Waals surface area contributed by atoms with Crippen molar-refractivity contribution in [3.63, 3.8) is 0 Å². The molecule has 0 aliphatic carbocycles. The zero-order chi connectivity index (χ0) is 6.97. The van der Waals surface area contributed by atoms with E-state index < -0.39 is 0 Å². The van der Waals surface area contributed by atoms with Gasteiger partial charge in [-0.05, 0) is 0 Å². The van der Waals surface area contributed by atoms with Crippen LogP contribution in [0.25, 0.3) is 0 Å². The van der Waals surface area contributed by atoms with E-state index in [2.05, 4.69) is 15.8 Å². The van der Waals surface area contributed by atoms with Crippen molar-refractivity contribution in [3.8, 4) is 0 Å². The van der Waals surface area contributed by atoms with Gasteiger partial charge in [0.2, 0.25) is 0 Å². The van der Waals surface area contributed by atoms with Crippen molar-refractivity contribution in [2.45, 2.75) is 5.50 Å². The van der Waals surface area contributed by atoms with Gasteiger partial charge in [-0.15, -0.1) is 0 Å². The molecule has 0 spiro atoms. The maximum Gasteiger partial charge on any atom is 0.163 e. The first-order valence-corrected chi connectivity index (χ1v) is 4.26. The van der Waals surface area contributed by atoms with Crippen LogP contribution < -0.4 is 16.5 Å². The van der Waals surface area contributed by atoms with Crippen molar-refractivity contribution in [1.29, 1.82) is 0 Å². The molecule has 2 aliphatic rings. The molecule has 1 unspecified atom stereocenters. The van der Waals surface area contributed by atoms with E-state index >= 15 is 0 Å². The first kappa shape index (κ1) is 6.33. The molecule has 1 saturated heterocycles. The van der Waals surface area contributed by atoms with E-state index in [1.807, 2.05) is 18.0 Å². The van der Waals surface area contributed by atoms with Gasteiger partial charge in [-0.3, -0.25) is 5.01 Å². The number of nitrogens with zero attached hydrogens (tertiary/aromatic N) is 1. The Labute approximate surface area is 63.8 Å². The minimum absolute atomic E-state index is 0.374. The predicted molar refractivity (Wildman–Crippen MR) is 41.5 cm³/mol. The highest BCUT2D eigenvalue weighted by atomic mass is 32.2. The van der Waals surface area contributed by atoms with Crippen LogP contribution in [0, 0.1) is 0 Å². The lowest BCUT2D eigenvalue weighted by molar-refractivity contribution is 0.276. The highest BCUT2D eigenvalue weighted by Gasteiger charge is 2.29. The second kappa shape index (κ2) is 2.34. The zero-order valence-corrected chi connectivity index (χ0v) is 6.32. The van der Waals surface area contributed by atoms with Crippen molar-refractivity contribution in [1.82, 2.24) is 15.8 Å². The second-order valence-corrected chi connectivity index (χ2v) is 3.27. The smallest absolute Gasteiger partial charge is 0.163 e. The van der Waals surface area contributed by atoms with Crippen LogP contribution >= 0.6 is 11.8 Å². The molecule has 1 fully saturated rings. The lowest BCUT2D eigenvalue weighted by Gasteiger charge is -2.18. The van der Waals surface area contributed by atoms with Crippen molar-refractivity contribution in [2.75, 3.05) is 12.4 Å². The summed E-state index contributed by atoms with van der Waals surface area (Å²) < 4.78 is 0. The summed E-state index contributed by atoms with van der Waals surface area (Å²) in [5.74, 6) is 0.967. The van der Waals surface area contributed by atoms with E-state index in [4.69, 9.17) is 5.73 Å². The summed E-state index contributed by atoms with van der Waals surface area (Å²) in [6, 6.07) is 0.